The molecule has 5 radical (unpaired) electrons. The fourth-order valence-corrected chi connectivity index (χ4v) is 6.40. The van der Waals surface area contributed by atoms with Gasteiger partial charge in [-0.25, -0.2) is 0 Å². The second kappa shape index (κ2) is 8.72. The number of rotatable bonds is 6. The van der Waals surface area contributed by atoms with Crippen molar-refractivity contribution in [2.24, 2.45) is 0 Å². The highest BCUT2D eigenvalue weighted by atomic mass is 31.1. The van der Waals surface area contributed by atoms with Gasteiger partial charge in [-0.05, 0) is 56.2 Å². The van der Waals surface area contributed by atoms with E-state index in [2.05, 4.69) is 105 Å². The number of benzene rings is 3. The van der Waals surface area contributed by atoms with Crippen LogP contribution in [0.5, 0.6) is 5.75 Å². The zero-order valence-corrected chi connectivity index (χ0v) is 16.2. The van der Waals surface area contributed by atoms with Gasteiger partial charge in [0.2, 0.25) is 0 Å². The molecule has 0 spiro atoms. The molecule has 0 heterocycles. The molecule has 3 aromatic carbocycles. The Labute approximate surface area is 164 Å². The molecule has 0 amide bonds. The summed E-state index contributed by atoms with van der Waals surface area (Å²) in [4.78, 5) is 0. The lowest BCUT2D eigenvalue weighted by molar-refractivity contribution is 0.409. The molecule has 1 saturated carbocycles. The molecule has 0 saturated heterocycles. The molecule has 133 valence electrons. The Balaban J connectivity index is 1.89. The first-order valence-electron chi connectivity index (χ1n) is 9.12. The van der Waals surface area contributed by atoms with Crippen molar-refractivity contribution in [3.05, 3.63) is 122 Å². The monoisotopic (exact) mass is 369 g/mol. The second-order valence-corrected chi connectivity index (χ2v) is 8.69. The van der Waals surface area contributed by atoms with Gasteiger partial charge in [-0.3, -0.25) is 0 Å². The van der Waals surface area contributed by atoms with Gasteiger partial charge in [-0.15, -0.1) is 0 Å². The molecule has 1 fully saturated rings. The fraction of sp³-hybridized carbons (Fsp3) is 0.0800. The van der Waals surface area contributed by atoms with Gasteiger partial charge in [0.25, 0.3) is 0 Å². The average Bonchev–Trinajstić information content (AvgIpc) is 3.27. The van der Waals surface area contributed by atoms with Crippen molar-refractivity contribution in [2.45, 2.75) is 5.66 Å². The van der Waals surface area contributed by atoms with Gasteiger partial charge >= 0.3 is 0 Å². The highest BCUT2D eigenvalue weighted by Gasteiger charge is 2.36. The summed E-state index contributed by atoms with van der Waals surface area (Å²) in [6.07, 6.45) is 8.72. The van der Waals surface area contributed by atoms with Gasteiger partial charge in [-0.1, -0.05) is 78.9 Å². The Kier molecular flexibility index (Phi) is 5.90. The Morgan fingerprint density at radius 2 is 1.19 bits per heavy atom. The summed E-state index contributed by atoms with van der Waals surface area (Å²) in [7, 11) is 1.12. The van der Waals surface area contributed by atoms with Crippen molar-refractivity contribution in [2.75, 3.05) is 7.11 Å². The molecule has 4 rings (SSSR count). The predicted molar refractivity (Wildman–Crippen MR) is 115 cm³/mol. The maximum absolute atomic E-state index is 5.76. The predicted octanol–water partition coefficient (Wildman–Crippen LogP) is 5.27. The first-order chi connectivity index (χ1) is 13.4. The van der Waals surface area contributed by atoms with Crippen LogP contribution in [0, 0.1) is 31.6 Å². The highest BCUT2D eigenvalue weighted by molar-refractivity contribution is 7.73. The van der Waals surface area contributed by atoms with Crippen molar-refractivity contribution in [1.82, 2.24) is 0 Å². The summed E-state index contributed by atoms with van der Waals surface area (Å²) >= 11 is 0. The molecule has 1 unspecified atom stereocenters. The molecule has 1 atom stereocenters. The molecule has 2 heteroatoms. The van der Waals surface area contributed by atoms with Crippen LogP contribution in [0.25, 0.3) is 0 Å². The lowest BCUT2D eigenvalue weighted by Gasteiger charge is -2.33. The minimum atomic E-state index is -0.643. The SMILES string of the molecule is COc1ccccc1C([C]1[CH][CH][CH][CH]1)P(c1ccccc1)c1ccccc1. The molecule has 3 aromatic rings. The Bertz CT molecular complexity index is 801. The van der Waals surface area contributed by atoms with Crippen LogP contribution in [0.1, 0.15) is 11.2 Å². The third-order valence-corrected chi connectivity index (χ3v) is 7.57. The van der Waals surface area contributed by atoms with Crippen LogP contribution in [-0.2, 0) is 0 Å². The Morgan fingerprint density at radius 3 is 1.74 bits per heavy atom. The molecule has 1 aliphatic carbocycles. The van der Waals surface area contributed by atoms with E-state index in [4.69, 9.17) is 4.74 Å². The third kappa shape index (κ3) is 3.94. The van der Waals surface area contributed by atoms with Gasteiger partial charge < -0.3 is 4.74 Å². The molecular weight excluding hydrogens is 347 g/mol. The zero-order valence-electron chi connectivity index (χ0n) is 15.3. The number of ether oxygens (including phenoxy) is 1. The number of para-hydroxylation sites is 1. The second-order valence-electron chi connectivity index (χ2n) is 6.40. The van der Waals surface area contributed by atoms with Gasteiger partial charge in [0, 0.05) is 11.2 Å². The van der Waals surface area contributed by atoms with Crippen LogP contribution in [0.4, 0.5) is 0 Å². The fourth-order valence-electron chi connectivity index (χ4n) is 3.56. The average molecular weight is 369 g/mol. The highest BCUT2D eigenvalue weighted by Crippen LogP contribution is 2.58. The summed E-state index contributed by atoms with van der Waals surface area (Å²) in [6, 6.07) is 30.2. The largest absolute Gasteiger partial charge is 0.496 e. The zero-order chi connectivity index (χ0) is 18.5. The van der Waals surface area contributed by atoms with E-state index in [1.165, 1.54) is 22.1 Å². The lowest BCUT2D eigenvalue weighted by atomic mass is 9.96. The van der Waals surface area contributed by atoms with Crippen LogP contribution in [-0.4, -0.2) is 7.11 Å². The van der Waals surface area contributed by atoms with Gasteiger partial charge in [-0.2, -0.15) is 0 Å². The Morgan fingerprint density at radius 1 is 0.667 bits per heavy atom. The summed E-state index contributed by atoms with van der Waals surface area (Å²) in [5, 5.41) is 2.74. The van der Waals surface area contributed by atoms with Crippen molar-refractivity contribution in [3.63, 3.8) is 0 Å². The van der Waals surface area contributed by atoms with E-state index in [-0.39, 0.29) is 5.66 Å². The van der Waals surface area contributed by atoms with Crippen molar-refractivity contribution in [1.29, 1.82) is 0 Å². The minimum absolute atomic E-state index is 0.232. The number of hydrogen-bond acceptors (Lipinski definition) is 1. The molecule has 1 nitrogen and oxygen atoms in total. The van der Waals surface area contributed by atoms with Crippen molar-refractivity contribution in [3.8, 4) is 5.75 Å². The van der Waals surface area contributed by atoms with Gasteiger partial charge in [0.05, 0.1) is 7.11 Å². The smallest absolute Gasteiger partial charge is 0.122 e. The number of methoxy groups -OCH3 is 1. The summed E-state index contributed by atoms with van der Waals surface area (Å²) in [5.41, 5.74) is 1.47. The molecular formula is C25H22OP. The Hall–Kier alpha value is -2.11. The van der Waals surface area contributed by atoms with E-state index in [1.807, 2.05) is 6.07 Å². The number of hydrogen-bond donors (Lipinski definition) is 0. The van der Waals surface area contributed by atoms with Crippen LogP contribution in [0.15, 0.2) is 84.9 Å². The van der Waals surface area contributed by atoms with E-state index in [0.717, 1.165) is 5.75 Å². The van der Waals surface area contributed by atoms with Crippen molar-refractivity contribution < 1.29 is 4.74 Å². The van der Waals surface area contributed by atoms with E-state index < -0.39 is 7.92 Å². The van der Waals surface area contributed by atoms with E-state index in [1.54, 1.807) is 7.11 Å². The van der Waals surface area contributed by atoms with Crippen LogP contribution >= 0.6 is 7.92 Å². The summed E-state index contributed by atoms with van der Waals surface area (Å²) in [5.74, 6) is 2.28. The molecule has 0 N–H and O–H groups in total. The van der Waals surface area contributed by atoms with Crippen LogP contribution in [0.3, 0.4) is 0 Å². The molecule has 0 aliphatic heterocycles. The van der Waals surface area contributed by atoms with Crippen LogP contribution in [0.2, 0.25) is 0 Å². The molecule has 27 heavy (non-hydrogen) atoms. The summed E-state index contributed by atoms with van der Waals surface area (Å²) in [6.45, 7) is 0. The van der Waals surface area contributed by atoms with E-state index in [0.29, 0.717) is 0 Å². The first-order valence-corrected chi connectivity index (χ1v) is 10.5. The third-order valence-electron chi connectivity index (χ3n) is 4.76. The van der Waals surface area contributed by atoms with Gasteiger partial charge in [0.15, 0.2) is 0 Å². The normalized spacial score (nSPS) is 15.8. The lowest BCUT2D eigenvalue weighted by Crippen LogP contribution is -2.21. The van der Waals surface area contributed by atoms with E-state index in [9.17, 15) is 0 Å². The minimum Gasteiger partial charge on any atom is -0.496 e. The van der Waals surface area contributed by atoms with Gasteiger partial charge in [0.1, 0.15) is 5.75 Å². The topological polar surface area (TPSA) is 9.23 Å². The summed E-state index contributed by atoms with van der Waals surface area (Å²) < 4.78 is 5.76. The molecule has 0 bridgehead atoms. The van der Waals surface area contributed by atoms with Crippen LogP contribution < -0.4 is 15.3 Å². The first kappa shape index (κ1) is 18.3. The standard InChI is InChI=1S/C25H22OP/c1-26-24-19-11-10-18-23(24)25(20-12-8-9-13-20)27(21-14-4-2-5-15-21)22-16-6-3-7-17-22/h2-19,25H,1H3. The molecule has 0 aromatic heterocycles. The van der Waals surface area contributed by atoms with E-state index >= 15 is 0 Å². The quantitative estimate of drug-likeness (QED) is 0.538. The van der Waals surface area contributed by atoms with Crippen molar-refractivity contribution >= 4 is 18.5 Å². The molecule has 1 aliphatic rings. The maximum atomic E-state index is 5.76. The maximum Gasteiger partial charge on any atom is 0.122 e.